The van der Waals surface area contributed by atoms with Gasteiger partial charge in [0.15, 0.2) is 0 Å². The van der Waals surface area contributed by atoms with Crippen molar-refractivity contribution in [1.82, 2.24) is 0 Å². The van der Waals surface area contributed by atoms with E-state index in [1.54, 1.807) is 12.1 Å². The highest BCUT2D eigenvalue weighted by Crippen LogP contribution is 2.50. The normalized spacial score (nSPS) is 17.9. The maximum Gasteiger partial charge on any atom is 0.349 e. The third kappa shape index (κ3) is 3.11. The van der Waals surface area contributed by atoms with Gasteiger partial charge in [-0.25, -0.2) is 4.39 Å². The molecule has 1 amide bonds. The first-order chi connectivity index (χ1) is 13.5. The van der Waals surface area contributed by atoms with Gasteiger partial charge in [-0.2, -0.15) is 8.78 Å². The molecule has 0 aromatic heterocycles. The van der Waals surface area contributed by atoms with Crippen molar-refractivity contribution in [3.8, 4) is 5.75 Å². The summed E-state index contributed by atoms with van der Waals surface area (Å²) < 4.78 is 48.1. The molecule has 0 aliphatic carbocycles. The van der Waals surface area contributed by atoms with Crippen LogP contribution in [0.25, 0.3) is 0 Å². The summed E-state index contributed by atoms with van der Waals surface area (Å²) in [7, 11) is 0. The minimum absolute atomic E-state index is 0.212. The minimum atomic E-state index is -3.65. The maximum atomic E-state index is 14.2. The highest BCUT2D eigenvalue weighted by atomic mass is 19.3. The average molecular weight is 383 g/mol. The van der Waals surface area contributed by atoms with Crippen molar-refractivity contribution in [1.29, 1.82) is 0 Å². The van der Waals surface area contributed by atoms with Crippen LogP contribution in [0.2, 0.25) is 0 Å². The van der Waals surface area contributed by atoms with Gasteiger partial charge < -0.3 is 4.74 Å². The number of nitrogens with zero attached hydrogens (tertiary/aromatic N) is 1. The number of carbonyl (C=O) groups is 1. The molecule has 1 aliphatic rings. The second kappa shape index (κ2) is 7.03. The van der Waals surface area contributed by atoms with Gasteiger partial charge in [0.2, 0.25) is 0 Å². The van der Waals surface area contributed by atoms with Crippen LogP contribution in [0.3, 0.4) is 0 Å². The summed E-state index contributed by atoms with van der Waals surface area (Å²) in [5.74, 6) is -5.23. The van der Waals surface area contributed by atoms with E-state index in [1.807, 2.05) is 30.3 Å². The van der Waals surface area contributed by atoms with E-state index < -0.39 is 23.7 Å². The van der Waals surface area contributed by atoms with Crippen LogP contribution < -0.4 is 9.64 Å². The number of anilines is 1. The summed E-state index contributed by atoms with van der Waals surface area (Å²) in [6.07, 6.45) is 0. The third-order valence-electron chi connectivity index (χ3n) is 4.67. The van der Waals surface area contributed by atoms with E-state index in [0.29, 0.717) is 12.4 Å². The van der Waals surface area contributed by atoms with Crippen molar-refractivity contribution in [3.05, 3.63) is 95.8 Å². The molecule has 0 saturated carbocycles. The van der Waals surface area contributed by atoms with Crippen LogP contribution in [-0.2, 0) is 11.4 Å². The van der Waals surface area contributed by atoms with Gasteiger partial charge in [0.25, 0.3) is 0 Å². The second-order valence-electron chi connectivity index (χ2n) is 6.49. The summed E-state index contributed by atoms with van der Waals surface area (Å²) in [4.78, 5) is 12.9. The summed E-state index contributed by atoms with van der Waals surface area (Å²) in [6.45, 7) is 0.360. The van der Waals surface area contributed by atoms with Crippen molar-refractivity contribution in [2.75, 3.05) is 4.90 Å². The molecule has 1 heterocycles. The molecule has 0 bridgehead atoms. The molecule has 3 aromatic rings. The summed E-state index contributed by atoms with van der Waals surface area (Å²) >= 11 is 0. The first-order valence-electron chi connectivity index (χ1n) is 8.71. The van der Waals surface area contributed by atoms with E-state index in [2.05, 4.69) is 0 Å². The number of β-lactam (4-membered cyclic amide) rings is 1. The fourth-order valence-electron chi connectivity index (χ4n) is 3.23. The van der Waals surface area contributed by atoms with Gasteiger partial charge in [0, 0.05) is 11.3 Å². The topological polar surface area (TPSA) is 29.5 Å². The Hall–Kier alpha value is -3.28. The Balaban J connectivity index is 1.54. The predicted octanol–water partition coefficient (Wildman–Crippen LogP) is 5.13. The lowest BCUT2D eigenvalue weighted by Crippen LogP contribution is -2.64. The molecule has 3 aromatic carbocycles. The van der Waals surface area contributed by atoms with Crippen LogP contribution in [0.15, 0.2) is 78.9 Å². The lowest BCUT2D eigenvalue weighted by atomic mass is 9.88. The van der Waals surface area contributed by atoms with E-state index >= 15 is 0 Å². The van der Waals surface area contributed by atoms with Gasteiger partial charge in [-0.05, 0) is 35.9 Å². The minimum Gasteiger partial charge on any atom is -0.489 e. The Bertz CT molecular complexity index is 990. The van der Waals surface area contributed by atoms with Crippen molar-refractivity contribution in [3.63, 3.8) is 0 Å². The first-order valence-corrected chi connectivity index (χ1v) is 8.71. The molecule has 1 atom stereocenters. The number of alkyl halides is 2. The fourth-order valence-corrected chi connectivity index (χ4v) is 3.23. The molecule has 142 valence electrons. The van der Waals surface area contributed by atoms with Crippen LogP contribution in [0.4, 0.5) is 18.9 Å². The lowest BCUT2D eigenvalue weighted by molar-refractivity contribution is -0.162. The van der Waals surface area contributed by atoms with E-state index in [0.717, 1.165) is 16.5 Å². The second-order valence-corrected chi connectivity index (χ2v) is 6.49. The number of carbonyl (C=O) groups excluding carboxylic acids is 1. The number of halogens is 3. The molecule has 1 aliphatic heterocycles. The SMILES string of the molecule is O=C1N(c2ccc(OCc3ccccc3)cc2)C(c2ccccc2F)C1(F)F. The number of benzene rings is 3. The van der Waals surface area contributed by atoms with Gasteiger partial charge in [-0.1, -0.05) is 48.5 Å². The Morgan fingerprint density at radius 1 is 0.893 bits per heavy atom. The first kappa shape index (κ1) is 18.1. The number of rotatable bonds is 5. The molecule has 1 unspecified atom stereocenters. The van der Waals surface area contributed by atoms with E-state index in [9.17, 15) is 18.0 Å². The van der Waals surface area contributed by atoms with Gasteiger partial charge in [-0.15, -0.1) is 0 Å². The fraction of sp³-hybridized carbons (Fsp3) is 0.136. The molecule has 1 saturated heterocycles. The summed E-state index contributed by atoms with van der Waals surface area (Å²) in [5.41, 5.74) is 1.04. The molecule has 0 radical (unpaired) electrons. The van der Waals surface area contributed by atoms with Crippen molar-refractivity contribution in [2.45, 2.75) is 18.6 Å². The monoisotopic (exact) mass is 383 g/mol. The van der Waals surface area contributed by atoms with Gasteiger partial charge in [-0.3, -0.25) is 9.69 Å². The summed E-state index contributed by atoms with van der Waals surface area (Å²) in [6, 6.07) is 19.4. The van der Waals surface area contributed by atoms with Crippen LogP contribution in [-0.4, -0.2) is 11.8 Å². The average Bonchev–Trinajstić information content (AvgIpc) is 2.72. The molecule has 4 rings (SSSR count). The number of hydrogen-bond donors (Lipinski definition) is 0. The van der Waals surface area contributed by atoms with Crippen molar-refractivity contribution >= 4 is 11.6 Å². The van der Waals surface area contributed by atoms with Gasteiger partial charge in [0.1, 0.15) is 24.2 Å². The maximum absolute atomic E-state index is 14.2. The zero-order chi connectivity index (χ0) is 19.7. The highest BCUT2D eigenvalue weighted by molar-refractivity contribution is 6.07. The smallest absolute Gasteiger partial charge is 0.349 e. The Labute approximate surface area is 160 Å². The quantitative estimate of drug-likeness (QED) is 0.572. The molecule has 6 heteroatoms. The molecule has 1 fully saturated rings. The number of hydrogen-bond acceptors (Lipinski definition) is 2. The Morgan fingerprint density at radius 2 is 1.54 bits per heavy atom. The Kier molecular flexibility index (Phi) is 4.55. The van der Waals surface area contributed by atoms with Gasteiger partial charge >= 0.3 is 11.8 Å². The van der Waals surface area contributed by atoms with Crippen molar-refractivity contribution < 1.29 is 22.7 Å². The summed E-state index contributed by atoms with van der Waals surface area (Å²) in [5, 5.41) is 0. The predicted molar refractivity (Wildman–Crippen MR) is 98.8 cm³/mol. The lowest BCUT2D eigenvalue weighted by Gasteiger charge is -2.46. The van der Waals surface area contributed by atoms with Crippen LogP contribution in [0.1, 0.15) is 17.2 Å². The molecule has 3 nitrogen and oxygen atoms in total. The standard InChI is InChI=1S/C22H16F3NO2/c23-19-9-5-4-8-18(19)20-22(24,25)21(27)26(20)16-10-12-17(13-11-16)28-14-15-6-2-1-3-7-15/h1-13,20H,14H2. The molecular formula is C22H16F3NO2. The molecule has 0 spiro atoms. The van der Waals surface area contributed by atoms with Crippen molar-refractivity contribution in [2.24, 2.45) is 0 Å². The van der Waals surface area contributed by atoms with Crippen LogP contribution in [0, 0.1) is 5.82 Å². The number of amides is 1. The van der Waals surface area contributed by atoms with E-state index in [1.165, 1.54) is 30.3 Å². The largest absolute Gasteiger partial charge is 0.489 e. The van der Waals surface area contributed by atoms with E-state index in [-0.39, 0.29) is 11.3 Å². The zero-order valence-electron chi connectivity index (χ0n) is 14.7. The van der Waals surface area contributed by atoms with Crippen LogP contribution >= 0.6 is 0 Å². The third-order valence-corrected chi connectivity index (χ3v) is 4.67. The molecule has 28 heavy (non-hydrogen) atoms. The molecule has 0 N–H and O–H groups in total. The van der Waals surface area contributed by atoms with E-state index in [4.69, 9.17) is 4.74 Å². The zero-order valence-corrected chi connectivity index (χ0v) is 14.7. The number of ether oxygens (including phenoxy) is 1. The van der Waals surface area contributed by atoms with Gasteiger partial charge in [0.05, 0.1) is 0 Å². The molecular weight excluding hydrogens is 367 g/mol. The Morgan fingerprint density at radius 3 is 2.21 bits per heavy atom. The van der Waals surface area contributed by atoms with Crippen LogP contribution in [0.5, 0.6) is 5.75 Å². The highest BCUT2D eigenvalue weighted by Gasteiger charge is 2.65.